The molecule has 16 heavy (non-hydrogen) atoms. The Labute approximate surface area is 97.3 Å². The predicted octanol–water partition coefficient (Wildman–Crippen LogP) is 2.66. The zero-order valence-corrected chi connectivity index (χ0v) is 9.90. The molecule has 0 saturated heterocycles. The Morgan fingerprint density at radius 3 is 2.94 bits per heavy atom. The molecular formula is C14H18N2. The first-order valence-corrected chi connectivity index (χ1v) is 5.97. The molecule has 0 radical (unpaired) electrons. The minimum absolute atomic E-state index is 0.635. The van der Waals surface area contributed by atoms with E-state index in [1.807, 2.05) is 25.2 Å². The van der Waals surface area contributed by atoms with E-state index in [1.54, 1.807) is 0 Å². The third-order valence-electron chi connectivity index (χ3n) is 3.83. The van der Waals surface area contributed by atoms with Crippen LogP contribution in [0, 0.1) is 17.2 Å². The normalized spacial score (nSPS) is 28.2. The lowest BCUT2D eigenvalue weighted by atomic mass is 9.65. The van der Waals surface area contributed by atoms with Crippen molar-refractivity contribution in [1.29, 1.82) is 5.26 Å². The molecule has 1 aromatic carbocycles. The molecule has 1 N–H and O–H groups in total. The third-order valence-corrected chi connectivity index (χ3v) is 3.83. The van der Waals surface area contributed by atoms with Gasteiger partial charge < -0.3 is 5.32 Å². The molecule has 84 valence electrons. The summed E-state index contributed by atoms with van der Waals surface area (Å²) >= 11 is 0. The molecule has 3 atom stereocenters. The van der Waals surface area contributed by atoms with Crippen LogP contribution in [0.25, 0.3) is 0 Å². The number of nitrogens with zero attached hydrogens (tertiary/aromatic N) is 1. The molecule has 1 aliphatic rings. The van der Waals surface area contributed by atoms with Gasteiger partial charge in [0, 0.05) is 6.04 Å². The van der Waals surface area contributed by atoms with Crippen molar-refractivity contribution >= 4 is 0 Å². The van der Waals surface area contributed by atoms with Gasteiger partial charge in [0.15, 0.2) is 0 Å². The highest BCUT2D eigenvalue weighted by molar-refractivity contribution is 5.36. The summed E-state index contributed by atoms with van der Waals surface area (Å²) in [6.07, 6.45) is 2.40. The molecule has 0 bridgehead atoms. The molecule has 1 aliphatic carbocycles. The minimum Gasteiger partial charge on any atom is -0.317 e. The Kier molecular flexibility index (Phi) is 3.26. The van der Waals surface area contributed by atoms with Crippen LogP contribution >= 0.6 is 0 Å². The summed E-state index contributed by atoms with van der Waals surface area (Å²) in [6.45, 7) is 2.25. The quantitative estimate of drug-likeness (QED) is 0.839. The van der Waals surface area contributed by atoms with Crippen LogP contribution < -0.4 is 5.32 Å². The number of benzene rings is 1. The van der Waals surface area contributed by atoms with Gasteiger partial charge in [0.25, 0.3) is 0 Å². The maximum absolute atomic E-state index is 8.89. The second-order valence-corrected chi connectivity index (χ2v) is 4.55. The number of hydrogen-bond acceptors (Lipinski definition) is 2. The van der Waals surface area contributed by atoms with Crippen LogP contribution in [-0.2, 0) is 0 Å². The lowest BCUT2D eigenvalue weighted by Crippen LogP contribution is -2.47. The number of hydrogen-bond donors (Lipinski definition) is 1. The summed E-state index contributed by atoms with van der Waals surface area (Å²) in [7, 11) is 2.04. The smallest absolute Gasteiger partial charge is 0.0991 e. The molecule has 0 spiro atoms. The zero-order valence-electron chi connectivity index (χ0n) is 9.90. The molecule has 3 unspecified atom stereocenters. The maximum Gasteiger partial charge on any atom is 0.0991 e. The van der Waals surface area contributed by atoms with E-state index < -0.39 is 0 Å². The van der Waals surface area contributed by atoms with Gasteiger partial charge >= 0.3 is 0 Å². The number of nitriles is 1. The van der Waals surface area contributed by atoms with Gasteiger partial charge in [0.2, 0.25) is 0 Å². The number of nitrogens with one attached hydrogen (secondary N) is 1. The molecule has 0 heterocycles. The first-order valence-electron chi connectivity index (χ1n) is 5.97. The van der Waals surface area contributed by atoms with Crippen molar-refractivity contribution in [3.8, 4) is 6.07 Å². The fourth-order valence-electron chi connectivity index (χ4n) is 2.83. The second-order valence-electron chi connectivity index (χ2n) is 4.55. The average molecular weight is 214 g/mol. The Hall–Kier alpha value is -1.33. The fourth-order valence-corrected chi connectivity index (χ4v) is 2.83. The Balaban J connectivity index is 2.17. The number of rotatable bonds is 3. The highest BCUT2D eigenvalue weighted by atomic mass is 14.9. The van der Waals surface area contributed by atoms with Crippen LogP contribution in [0.15, 0.2) is 24.3 Å². The summed E-state index contributed by atoms with van der Waals surface area (Å²) in [6, 6.07) is 10.9. The zero-order chi connectivity index (χ0) is 11.5. The minimum atomic E-state index is 0.635. The molecule has 1 aromatic rings. The van der Waals surface area contributed by atoms with Crippen LogP contribution in [0.5, 0.6) is 0 Å². The van der Waals surface area contributed by atoms with Crippen LogP contribution in [0.2, 0.25) is 0 Å². The summed E-state index contributed by atoms with van der Waals surface area (Å²) < 4.78 is 0. The van der Waals surface area contributed by atoms with Crippen LogP contribution in [0.4, 0.5) is 0 Å². The second kappa shape index (κ2) is 4.67. The summed E-state index contributed by atoms with van der Waals surface area (Å²) in [5.74, 6) is 1.36. The van der Waals surface area contributed by atoms with Crippen molar-refractivity contribution in [1.82, 2.24) is 5.32 Å². The van der Waals surface area contributed by atoms with Crippen molar-refractivity contribution in [2.24, 2.45) is 5.92 Å². The van der Waals surface area contributed by atoms with E-state index in [1.165, 1.54) is 18.4 Å². The van der Waals surface area contributed by atoms with Crippen molar-refractivity contribution in [2.75, 3.05) is 7.05 Å². The monoisotopic (exact) mass is 214 g/mol. The third kappa shape index (κ3) is 1.83. The fraction of sp³-hybridized carbons (Fsp3) is 0.500. The molecule has 0 aliphatic heterocycles. The van der Waals surface area contributed by atoms with Gasteiger partial charge in [-0.2, -0.15) is 5.26 Å². The van der Waals surface area contributed by atoms with Crippen molar-refractivity contribution in [3.63, 3.8) is 0 Å². The molecule has 1 saturated carbocycles. The maximum atomic E-state index is 8.89. The summed E-state index contributed by atoms with van der Waals surface area (Å²) in [5, 5.41) is 12.3. The standard InChI is InChI=1S/C14H18N2/c1-3-12-13(8-14(12)16-2)11-6-4-5-10(7-11)9-15/h4-7,12-14,16H,3,8H2,1-2H3. The predicted molar refractivity (Wildman–Crippen MR) is 65.1 cm³/mol. The van der Waals surface area contributed by atoms with Crippen molar-refractivity contribution in [3.05, 3.63) is 35.4 Å². The van der Waals surface area contributed by atoms with E-state index in [0.717, 1.165) is 11.5 Å². The Morgan fingerprint density at radius 1 is 1.50 bits per heavy atom. The molecule has 0 amide bonds. The van der Waals surface area contributed by atoms with Crippen LogP contribution in [0.3, 0.4) is 0 Å². The van der Waals surface area contributed by atoms with Gasteiger partial charge in [0.05, 0.1) is 11.6 Å². The van der Waals surface area contributed by atoms with Gasteiger partial charge in [-0.1, -0.05) is 25.5 Å². The van der Waals surface area contributed by atoms with E-state index >= 15 is 0 Å². The van der Waals surface area contributed by atoms with E-state index in [0.29, 0.717) is 12.0 Å². The lowest BCUT2D eigenvalue weighted by Gasteiger charge is -2.45. The first-order chi connectivity index (χ1) is 7.80. The van der Waals surface area contributed by atoms with E-state index in [-0.39, 0.29) is 0 Å². The SMILES string of the molecule is CCC1C(NC)CC1c1cccc(C#N)c1. The van der Waals surface area contributed by atoms with Gasteiger partial charge in [-0.25, -0.2) is 0 Å². The topological polar surface area (TPSA) is 35.8 Å². The van der Waals surface area contributed by atoms with E-state index in [9.17, 15) is 0 Å². The van der Waals surface area contributed by atoms with Gasteiger partial charge in [-0.05, 0) is 43.0 Å². The van der Waals surface area contributed by atoms with Crippen molar-refractivity contribution in [2.45, 2.75) is 31.7 Å². The van der Waals surface area contributed by atoms with Crippen molar-refractivity contribution < 1.29 is 0 Å². The average Bonchev–Trinajstić information content (AvgIpc) is 2.29. The Morgan fingerprint density at radius 2 is 2.31 bits per heavy atom. The van der Waals surface area contributed by atoms with Gasteiger partial charge in [-0.15, -0.1) is 0 Å². The molecular weight excluding hydrogens is 196 g/mol. The van der Waals surface area contributed by atoms with Crippen LogP contribution in [-0.4, -0.2) is 13.1 Å². The molecule has 1 fully saturated rings. The van der Waals surface area contributed by atoms with E-state index in [2.05, 4.69) is 24.4 Å². The van der Waals surface area contributed by atoms with E-state index in [4.69, 9.17) is 5.26 Å². The molecule has 2 nitrogen and oxygen atoms in total. The first kappa shape index (κ1) is 11.2. The molecule has 2 rings (SSSR count). The lowest BCUT2D eigenvalue weighted by molar-refractivity contribution is 0.169. The largest absolute Gasteiger partial charge is 0.317 e. The summed E-state index contributed by atoms with van der Waals surface area (Å²) in [4.78, 5) is 0. The highest BCUT2D eigenvalue weighted by Gasteiger charge is 2.39. The Bertz CT molecular complexity index is 405. The highest BCUT2D eigenvalue weighted by Crippen LogP contribution is 2.44. The molecule has 2 heteroatoms. The summed E-state index contributed by atoms with van der Waals surface area (Å²) in [5.41, 5.74) is 2.11. The molecule has 0 aromatic heterocycles. The van der Waals surface area contributed by atoms with Crippen LogP contribution in [0.1, 0.15) is 36.8 Å². The van der Waals surface area contributed by atoms with Gasteiger partial charge in [-0.3, -0.25) is 0 Å². The van der Waals surface area contributed by atoms with Gasteiger partial charge in [0.1, 0.15) is 0 Å².